The van der Waals surface area contributed by atoms with Gasteiger partial charge in [-0.3, -0.25) is 0 Å². The number of likely N-dealkylation sites (N-methyl/N-ethyl adjacent to an activating group) is 1. The summed E-state index contributed by atoms with van der Waals surface area (Å²) >= 11 is 0. The number of aryl methyl sites for hydroxylation is 1. The second-order valence-corrected chi connectivity index (χ2v) is 10.1. The third-order valence-corrected chi connectivity index (χ3v) is 6.95. The summed E-state index contributed by atoms with van der Waals surface area (Å²) in [6, 6.07) is 18.0. The van der Waals surface area contributed by atoms with E-state index < -0.39 is 0 Å². The van der Waals surface area contributed by atoms with Gasteiger partial charge in [0.2, 0.25) is 0 Å². The normalized spacial score (nSPS) is 15.0. The lowest BCUT2D eigenvalue weighted by atomic mass is 9.94. The number of fused-ring (bicyclic) bond motifs is 2. The van der Waals surface area contributed by atoms with E-state index in [1.165, 1.54) is 28.1 Å². The number of aromatic nitrogens is 2. The molecule has 4 nitrogen and oxygen atoms in total. The van der Waals surface area contributed by atoms with Gasteiger partial charge in [0.15, 0.2) is 5.82 Å². The summed E-state index contributed by atoms with van der Waals surface area (Å²) in [5.41, 5.74) is 7.38. The molecule has 33 heavy (non-hydrogen) atoms. The van der Waals surface area contributed by atoms with E-state index in [0.717, 1.165) is 53.0 Å². The standard InChI is InChI=1S/C28H32FN4/c1-19-26(25(33(2,3)4)17-20-8-7-11-23(29)16-20)24-12-14-30-28(27(24)31-19)32-15-13-21-9-5-6-10-22(21)18-32/h5-12,14,16,25,31H,13,15,17-18H2,1-4H3/q+1. The van der Waals surface area contributed by atoms with E-state index in [1.807, 2.05) is 12.3 Å². The monoisotopic (exact) mass is 443 g/mol. The fourth-order valence-electron chi connectivity index (χ4n) is 5.25. The number of nitrogens with one attached hydrogen (secondary N) is 1. The average Bonchev–Trinajstić information content (AvgIpc) is 3.12. The highest BCUT2D eigenvalue weighted by molar-refractivity contribution is 5.93. The number of nitrogens with zero attached hydrogens (tertiary/aromatic N) is 3. The van der Waals surface area contributed by atoms with Crippen LogP contribution in [-0.2, 0) is 19.4 Å². The van der Waals surface area contributed by atoms with Gasteiger partial charge in [0.1, 0.15) is 11.9 Å². The van der Waals surface area contributed by atoms with Crippen LogP contribution in [0.5, 0.6) is 0 Å². The Balaban J connectivity index is 1.57. The Morgan fingerprint density at radius 1 is 1.06 bits per heavy atom. The van der Waals surface area contributed by atoms with Crippen LogP contribution in [0.3, 0.4) is 0 Å². The molecule has 1 atom stereocenters. The highest BCUT2D eigenvalue weighted by Gasteiger charge is 2.32. The van der Waals surface area contributed by atoms with Crippen LogP contribution in [0.2, 0.25) is 0 Å². The van der Waals surface area contributed by atoms with E-state index in [-0.39, 0.29) is 11.9 Å². The SMILES string of the molecule is Cc1[nH]c2c(N3CCc4ccccc4C3)nccc2c1C(Cc1cccc(F)c1)[N+](C)(C)C. The lowest BCUT2D eigenvalue weighted by Gasteiger charge is -2.35. The van der Waals surface area contributed by atoms with Crippen LogP contribution in [0.1, 0.15) is 34.0 Å². The van der Waals surface area contributed by atoms with E-state index in [4.69, 9.17) is 4.98 Å². The molecule has 3 heterocycles. The van der Waals surface area contributed by atoms with Crippen molar-refractivity contribution < 1.29 is 8.87 Å². The first-order valence-corrected chi connectivity index (χ1v) is 11.7. The third kappa shape index (κ3) is 4.13. The summed E-state index contributed by atoms with van der Waals surface area (Å²) < 4.78 is 14.7. The molecule has 0 aliphatic carbocycles. The largest absolute Gasteiger partial charge is 0.355 e. The molecule has 170 valence electrons. The molecule has 2 aromatic carbocycles. The number of benzene rings is 2. The highest BCUT2D eigenvalue weighted by Crippen LogP contribution is 2.38. The number of hydrogen-bond acceptors (Lipinski definition) is 2. The van der Waals surface area contributed by atoms with Gasteiger partial charge in [-0.05, 0) is 48.2 Å². The number of aromatic amines is 1. The minimum atomic E-state index is -0.180. The van der Waals surface area contributed by atoms with Gasteiger partial charge in [-0.1, -0.05) is 36.4 Å². The second kappa shape index (κ2) is 8.31. The molecule has 0 saturated carbocycles. The van der Waals surface area contributed by atoms with Crippen molar-refractivity contribution in [2.75, 3.05) is 32.6 Å². The number of pyridine rings is 1. The molecule has 1 aliphatic heterocycles. The van der Waals surface area contributed by atoms with Crippen LogP contribution < -0.4 is 4.90 Å². The maximum atomic E-state index is 13.9. The molecule has 1 unspecified atom stereocenters. The smallest absolute Gasteiger partial charge is 0.153 e. The average molecular weight is 444 g/mol. The molecule has 0 saturated heterocycles. The van der Waals surface area contributed by atoms with E-state index in [9.17, 15) is 4.39 Å². The van der Waals surface area contributed by atoms with Gasteiger partial charge in [-0.25, -0.2) is 9.37 Å². The third-order valence-electron chi connectivity index (χ3n) is 6.95. The quantitative estimate of drug-likeness (QED) is 0.409. The Morgan fingerprint density at radius 3 is 2.61 bits per heavy atom. The zero-order valence-electron chi connectivity index (χ0n) is 19.9. The summed E-state index contributed by atoms with van der Waals surface area (Å²) in [5.74, 6) is 0.836. The zero-order valence-corrected chi connectivity index (χ0v) is 19.9. The summed E-state index contributed by atoms with van der Waals surface area (Å²) in [6.45, 7) is 3.98. The zero-order chi connectivity index (χ0) is 23.2. The van der Waals surface area contributed by atoms with Crippen LogP contribution in [0.25, 0.3) is 10.9 Å². The molecular formula is C28H32FN4+. The van der Waals surface area contributed by atoms with Crippen molar-refractivity contribution in [1.82, 2.24) is 9.97 Å². The van der Waals surface area contributed by atoms with Crippen LogP contribution in [0.15, 0.2) is 60.8 Å². The Bertz CT molecular complexity index is 1300. The van der Waals surface area contributed by atoms with Gasteiger partial charge in [-0.15, -0.1) is 0 Å². The first kappa shape index (κ1) is 21.7. The molecule has 0 amide bonds. The molecule has 5 heteroatoms. The van der Waals surface area contributed by atoms with E-state index >= 15 is 0 Å². The predicted molar refractivity (Wildman–Crippen MR) is 133 cm³/mol. The Morgan fingerprint density at radius 2 is 1.85 bits per heavy atom. The molecule has 0 bridgehead atoms. The Labute approximate surface area is 195 Å². The summed E-state index contributed by atoms with van der Waals surface area (Å²) in [6.07, 6.45) is 3.73. The van der Waals surface area contributed by atoms with Crippen LogP contribution in [0.4, 0.5) is 10.2 Å². The van der Waals surface area contributed by atoms with Crippen molar-refractivity contribution in [3.8, 4) is 0 Å². The molecular weight excluding hydrogens is 411 g/mol. The van der Waals surface area contributed by atoms with Crippen molar-refractivity contribution in [2.24, 2.45) is 0 Å². The summed E-state index contributed by atoms with van der Waals surface area (Å²) in [4.78, 5) is 10.9. The molecule has 1 aliphatic rings. The Hall–Kier alpha value is -3.18. The van der Waals surface area contributed by atoms with E-state index in [0.29, 0.717) is 0 Å². The molecule has 1 N–H and O–H groups in total. The number of hydrogen-bond donors (Lipinski definition) is 1. The lowest BCUT2D eigenvalue weighted by Crippen LogP contribution is -2.40. The number of quaternary nitrogens is 1. The fourth-order valence-corrected chi connectivity index (χ4v) is 5.25. The second-order valence-electron chi connectivity index (χ2n) is 10.1. The maximum Gasteiger partial charge on any atom is 0.153 e. The minimum Gasteiger partial charge on any atom is -0.355 e. The van der Waals surface area contributed by atoms with Crippen LogP contribution in [0, 0.1) is 12.7 Å². The van der Waals surface area contributed by atoms with Crippen molar-refractivity contribution in [3.05, 3.63) is 94.6 Å². The van der Waals surface area contributed by atoms with E-state index in [2.05, 4.69) is 68.3 Å². The number of H-pyrrole nitrogens is 1. The molecule has 2 aromatic heterocycles. The predicted octanol–water partition coefficient (Wildman–Crippen LogP) is 5.56. The topological polar surface area (TPSA) is 31.9 Å². The number of halogens is 1. The van der Waals surface area contributed by atoms with Crippen molar-refractivity contribution in [1.29, 1.82) is 0 Å². The number of rotatable bonds is 5. The van der Waals surface area contributed by atoms with Gasteiger partial charge in [-0.2, -0.15) is 0 Å². The van der Waals surface area contributed by atoms with Gasteiger partial charge < -0.3 is 14.4 Å². The molecule has 5 rings (SSSR count). The van der Waals surface area contributed by atoms with Gasteiger partial charge in [0.05, 0.1) is 26.7 Å². The molecule has 0 fully saturated rings. The molecule has 0 spiro atoms. The Kier molecular flexibility index (Phi) is 5.45. The summed E-state index contributed by atoms with van der Waals surface area (Å²) in [7, 11) is 6.64. The van der Waals surface area contributed by atoms with Gasteiger partial charge in [0, 0.05) is 42.4 Å². The van der Waals surface area contributed by atoms with Crippen molar-refractivity contribution >= 4 is 16.7 Å². The van der Waals surface area contributed by atoms with Crippen molar-refractivity contribution in [2.45, 2.75) is 32.4 Å². The first-order valence-electron chi connectivity index (χ1n) is 11.7. The van der Waals surface area contributed by atoms with Gasteiger partial charge in [0.25, 0.3) is 0 Å². The van der Waals surface area contributed by atoms with Crippen LogP contribution in [-0.4, -0.2) is 42.1 Å². The number of anilines is 1. The van der Waals surface area contributed by atoms with Crippen molar-refractivity contribution in [3.63, 3.8) is 0 Å². The lowest BCUT2D eigenvalue weighted by molar-refractivity contribution is -0.902. The molecule has 4 aromatic rings. The minimum absolute atomic E-state index is 0.179. The fraction of sp³-hybridized carbons (Fsp3) is 0.321. The van der Waals surface area contributed by atoms with Gasteiger partial charge >= 0.3 is 0 Å². The highest BCUT2D eigenvalue weighted by atomic mass is 19.1. The first-order chi connectivity index (χ1) is 15.8. The van der Waals surface area contributed by atoms with E-state index in [1.54, 1.807) is 12.1 Å². The maximum absolute atomic E-state index is 13.9. The molecule has 0 radical (unpaired) electrons. The van der Waals surface area contributed by atoms with Crippen LogP contribution >= 0.6 is 0 Å². The summed E-state index contributed by atoms with van der Waals surface area (Å²) in [5, 5.41) is 1.21.